The number of hydrogen-bond acceptors (Lipinski definition) is 4. The molecular formula is C21H22N4. The molecule has 0 radical (unpaired) electrons. The van der Waals surface area contributed by atoms with Gasteiger partial charge in [-0.05, 0) is 49.9 Å². The van der Waals surface area contributed by atoms with Gasteiger partial charge in [-0.3, -0.25) is 0 Å². The highest BCUT2D eigenvalue weighted by Gasteiger charge is 2.22. The summed E-state index contributed by atoms with van der Waals surface area (Å²) in [6, 6.07) is 16.8. The summed E-state index contributed by atoms with van der Waals surface area (Å²) in [6.45, 7) is 7.16. The number of nitrogens with zero attached hydrogens (tertiary/aromatic N) is 3. The third-order valence-corrected chi connectivity index (χ3v) is 4.71. The number of hydrogen-bond donors (Lipinski definition) is 1. The number of aromatic nitrogens is 2. The highest BCUT2D eigenvalue weighted by Crippen LogP contribution is 2.33. The number of benzene rings is 2. The molecule has 0 aliphatic carbocycles. The second kappa shape index (κ2) is 6.20. The first-order valence-corrected chi connectivity index (χ1v) is 8.66. The molecule has 4 heteroatoms. The van der Waals surface area contributed by atoms with Gasteiger partial charge in [-0.2, -0.15) is 4.98 Å². The lowest BCUT2D eigenvalue weighted by Gasteiger charge is -2.19. The van der Waals surface area contributed by atoms with Crippen LogP contribution in [0.25, 0.3) is 0 Å². The predicted molar refractivity (Wildman–Crippen MR) is 103 cm³/mol. The Morgan fingerprint density at radius 3 is 2.48 bits per heavy atom. The maximum Gasteiger partial charge on any atom is 0.232 e. The third-order valence-electron chi connectivity index (χ3n) is 4.71. The maximum absolute atomic E-state index is 4.80. The first-order chi connectivity index (χ1) is 12.1. The normalized spacial score (nSPS) is 13.0. The molecule has 25 heavy (non-hydrogen) atoms. The summed E-state index contributed by atoms with van der Waals surface area (Å²) in [7, 11) is 0. The summed E-state index contributed by atoms with van der Waals surface area (Å²) in [4.78, 5) is 11.7. The van der Waals surface area contributed by atoms with E-state index in [9.17, 15) is 0 Å². The molecule has 0 fully saturated rings. The average Bonchev–Trinajstić information content (AvgIpc) is 3.02. The van der Waals surface area contributed by atoms with Crippen LogP contribution in [0.15, 0.2) is 48.5 Å². The molecule has 0 spiro atoms. The maximum atomic E-state index is 4.80. The molecule has 1 N–H and O–H groups in total. The van der Waals surface area contributed by atoms with Crippen molar-refractivity contribution in [2.45, 2.75) is 27.2 Å². The molecule has 0 amide bonds. The van der Waals surface area contributed by atoms with Crippen LogP contribution in [-0.4, -0.2) is 16.5 Å². The van der Waals surface area contributed by atoms with Crippen molar-refractivity contribution in [2.75, 3.05) is 16.8 Å². The molecular weight excluding hydrogens is 308 g/mol. The van der Waals surface area contributed by atoms with Crippen molar-refractivity contribution in [2.24, 2.45) is 0 Å². The first-order valence-electron chi connectivity index (χ1n) is 8.66. The minimum absolute atomic E-state index is 0.763. The Kier molecular flexibility index (Phi) is 3.88. The zero-order valence-corrected chi connectivity index (χ0v) is 14.9. The standard InChI is InChI=1S/C21H22N4/c1-14-7-6-8-15(2)20(14)23-19-13-16(3)22-21(24-19)25-12-11-17-9-4-5-10-18(17)25/h4-10,13H,11-12H2,1-3H3,(H,22,23,24). The van der Waals surface area contributed by atoms with Crippen molar-refractivity contribution in [3.05, 3.63) is 70.9 Å². The van der Waals surface area contributed by atoms with E-state index >= 15 is 0 Å². The Labute approximate surface area is 148 Å². The van der Waals surface area contributed by atoms with Crippen LogP contribution < -0.4 is 10.2 Å². The average molecular weight is 330 g/mol. The molecule has 0 unspecified atom stereocenters. The Bertz CT molecular complexity index is 913. The fourth-order valence-electron chi connectivity index (χ4n) is 3.42. The molecule has 2 heterocycles. The summed E-state index contributed by atoms with van der Waals surface area (Å²) in [5.41, 5.74) is 7.08. The van der Waals surface area contributed by atoms with Gasteiger partial charge in [0, 0.05) is 29.7 Å². The van der Waals surface area contributed by atoms with E-state index < -0.39 is 0 Å². The van der Waals surface area contributed by atoms with Crippen LogP contribution >= 0.6 is 0 Å². The molecule has 4 nitrogen and oxygen atoms in total. The Balaban J connectivity index is 1.71. The van der Waals surface area contributed by atoms with Gasteiger partial charge in [-0.25, -0.2) is 4.98 Å². The van der Waals surface area contributed by atoms with Crippen LogP contribution in [0.3, 0.4) is 0 Å². The van der Waals surface area contributed by atoms with E-state index in [1.54, 1.807) is 0 Å². The number of nitrogens with one attached hydrogen (secondary N) is 1. The van der Waals surface area contributed by atoms with E-state index in [2.05, 4.69) is 71.5 Å². The van der Waals surface area contributed by atoms with Gasteiger partial charge in [-0.15, -0.1) is 0 Å². The second-order valence-corrected chi connectivity index (χ2v) is 6.62. The van der Waals surface area contributed by atoms with E-state index in [4.69, 9.17) is 4.98 Å². The molecule has 4 rings (SSSR count). The van der Waals surface area contributed by atoms with Gasteiger partial charge in [0.25, 0.3) is 0 Å². The van der Waals surface area contributed by atoms with E-state index in [0.29, 0.717) is 0 Å². The molecule has 126 valence electrons. The van der Waals surface area contributed by atoms with Crippen LogP contribution in [0.5, 0.6) is 0 Å². The van der Waals surface area contributed by atoms with Gasteiger partial charge >= 0.3 is 0 Å². The smallest absolute Gasteiger partial charge is 0.232 e. The molecule has 0 atom stereocenters. The van der Waals surface area contributed by atoms with Crippen molar-refractivity contribution >= 4 is 23.1 Å². The number of anilines is 4. The van der Waals surface area contributed by atoms with Gasteiger partial charge in [0.05, 0.1) is 0 Å². The van der Waals surface area contributed by atoms with Crippen LogP contribution in [0.2, 0.25) is 0 Å². The fourth-order valence-corrected chi connectivity index (χ4v) is 3.42. The molecule has 1 aromatic heterocycles. The lowest BCUT2D eigenvalue weighted by molar-refractivity contribution is 0.931. The Hall–Kier alpha value is -2.88. The Morgan fingerprint density at radius 2 is 1.68 bits per heavy atom. The number of aryl methyl sites for hydroxylation is 3. The molecule has 0 bridgehead atoms. The van der Waals surface area contributed by atoms with Gasteiger partial charge in [-0.1, -0.05) is 36.4 Å². The zero-order valence-electron chi connectivity index (χ0n) is 14.9. The largest absolute Gasteiger partial charge is 0.340 e. The van der Waals surface area contributed by atoms with E-state index in [1.165, 1.54) is 22.4 Å². The van der Waals surface area contributed by atoms with Gasteiger partial charge < -0.3 is 10.2 Å². The first kappa shape index (κ1) is 15.6. The minimum atomic E-state index is 0.763. The molecule has 2 aromatic carbocycles. The van der Waals surface area contributed by atoms with Gasteiger partial charge in [0.1, 0.15) is 5.82 Å². The van der Waals surface area contributed by atoms with E-state index in [0.717, 1.165) is 36.1 Å². The second-order valence-electron chi connectivity index (χ2n) is 6.62. The summed E-state index contributed by atoms with van der Waals surface area (Å²) in [6.07, 6.45) is 1.03. The topological polar surface area (TPSA) is 41.1 Å². The van der Waals surface area contributed by atoms with Crippen LogP contribution in [0.1, 0.15) is 22.4 Å². The fraction of sp³-hybridized carbons (Fsp3) is 0.238. The summed E-state index contributed by atoms with van der Waals surface area (Å²) in [5, 5.41) is 3.49. The van der Waals surface area contributed by atoms with Crippen molar-refractivity contribution in [3.63, 3.8) is 0 Å². The lowest BCUT2D eigenvalue weighted by Crippen LogP contribution is -2.17. The highest BCUT2D eigenvalue weighted by molar-refractivity contribution is 5.69. The summed E-state index contributed by atoms with van der Waals surface area (Å²) >= 11 is 0. The van der Waals surface area contributed by atoms with Crippen molar-refractivity contribution in [1.29, 1.82) is 0 Å². The van der Waals surface area contributed by atoms with Crippen molar-refractivity contribution < 1.29 is 0 Å². The summed E-state index contributed by atoms with van der Waals surface area (Å²) in [5.74, 6) is 1.60. The number of para-hydroxylation sites is 2. The van der Waals surface area contributed by atoms with E-state index in [1.807, 2.05) is 13.0 Å². The van der Waals surface area contributed by atoms with Crippen LogP contribution in [0.4, 0.5) is 23.1 Å². The number of rotatable bonds is 3. The SMILES string of the molecule is Cc1cc(Nc2c(C)cccc2C)nc(N2CCc3ccccc32)n1. The minimum Gasteiger partial charge on any atom is -0.340 e. The van der Waals surface area contributed by atoms with Crippen molar-refractivity contribution in [3.8, 4) is 0 Å². The quantitative estimate of drug-likeness (QED) is 0.746. The molecule has 3 aromatic rings. The molecule has 1 aliphatic rings. The van der Waals surface area contributed by atoms with Gasteiger partial charge in [0.15, 0.2) is 0 Å². The predicted octanol–water partition coefficient (Wildman–Crippen LogP) is 4.84. The molecule has 0 saturated heterocycles. The monoisotopic (exact) mass is 330 g/mol. The lowest BCUT2D eigenvalue weighted by atomic mass is 10.1. The van der Waals surface area contributed by atoms with E-state index in [-0.39, 0.29) is 0 Å². The van der Waals surface area contributed by atoms with Crippen molar-refractivity contribution in [1.82, 2.24) is 9.97 Å². The van der Waals surface area contributed by atoms with Crippen LogP contribution in [-0.2, 0) is 6.42 Å². The van der Waals surface area contributed by atoms with Gasteiger partial charge in [0.2, 0.25) is 5.95 Å². The Morgan fingerprint density at radius 1 is 0.920 bits per heavy atom. The van der Waals surface area contributed by atoms with Crippen LogP contribution in [0, 0.1) is 20.8 Å². The molecule has 0 saturated carbocycles. The molecule has 1 aliphatic heterocycles. The highest BCUT2D eigenvalue weighted by atomic mass is 15.3. The summed E-state index contributed by atoms with van der Waals surface area (Å²) < 4.78 is 0. The third kappa shape index (κ3) is 2.95. The number of fused-ring (bicyclic) bond motifs is 1. The zero-order chi connectivity index (χ0) is 17.4.